The molecule has 1 atom stereocenters. The third-order valence-corrected chi connectivity index (χ3v) is 2.57. The van der Waals surface area contributed by atoms with Crippen LogP contribution in [0.4, 0.5) is 4.39 Å². The van der Waals surface area contributed by atoms with Gasteiger partial charge in [0, 0.05) is 12.5 Å². The van der Waals surface area contributed by atoms with Gasteiger partial charge in [0.1, 0.15) is 0 Å². The van der Waals surface area contributed by atoms with Crippen molar-refractivity contribution in [2.45, 2.75) is 25.8 Å². The number of halogens is 1. The van der Waals surface area contributed by atoms with Crippen molar-refractivity contribution < 1.29 is 18.7 Å². The SMILES string of the molecule is CCOc1ccc(C(N)CCC(=O)OC)cc1F. The average molecular weight is 255 g/mol. The molecule has 1 aromatic rings. The fourth-order valence-corrected chi connectivity index (χ4v) is 1.56. The molecule has 1 rings (SSSR count). The highest BCUT2D eigenvalue weighted by molar-refractivity contribution is 5.69. The van der Waals surface area contributed by atoms with Gasteiger partial charge in [0.2, 0.25) is 0 Å². The fourth-order valence-electron chi connectivity index (χ4n) is 1.56. The Hall–Kier alpha value is -1.62. The number of esters is 1. The van der Waals surface area contributed by atoms with Crippen LogP contribution in [0.1, 0.15) is 31.4 Å². The van der Waals surface area contributed by atoms with Crippen LogP contribution in [-0.2, 0) is 9.53 Å². The van der Waals surface area contributed by atoms with E-state index in [1.165, 1.54) is 13.2 Å². The van der Waals surface area contributed by atoms with E-state index >= 15 is 0 Å². The van der Waals surface area contributed by atoms with Gasteiger partial charge in [-0.15, -0.1) is 0 Å². The normalized spacial score (nSPS) is 12.0. The molecule has 100 valence electrons. The molecule has 0 saturated carbocycles. The number of nitrogens with two attached hydrogens (primary N) is 1. The van der Waals surface area contributed by atoms with E-state index in [1.807, 2.05) is 0 Å². The van der Waals surface area contributed by atoms with Crippen LogP contribution in [0.5, 0.6) is 5.75 Å². The van der Waals surface area contributed by atoms with Crippen LogP contribution in [-0.4, -0.2) is 19.7 Å². The van der Waals surface area contributed by atoms with Gasteiger partial charge in [-0.25, -0.2) is 4.39 Å². The van der Waals surface area contributed by atoms with Crippen molar-refractivity contribution in [3.8, 4) is 5.75 Å². The Balaban J connectivity index is 2.66. The molecular formula is C13H18FNO3. The molecule has 0 fully saturated rings. The highest BCUT2D eigenvalue weighted by Crippen LogP contribution is 2.23. The van der Waals surface area contributed by atoms with Gasteiger partial charge < -0.3 is 15.2 Å². The third-order valence-electron chi connectivity index (χ3n) is 2.57. The van der Waals surface area contributed by atoms with Crippen LogP contribution < -0.4 is 10.5 Å². The van der Waals surface area contributed by atoms with Gasteiger partial charge in [-0.05, 0) is 31.0 Å². The predicted molar refractivity (Wildman–Crippen MR) is 65.7 cm³/mol. The lowest BCUT2D eigenvalue weighted by Gasteiger charge is -2.13. The minimum Gasteiger partial charge on any atom is -0.491 e. The lowest BCUT2D eigenvalue weighted by molar-refractivity contribution is -0.140. The summed E-state index contributed by atoms with van der Waals surface area (Å²) in [5.74, 6) is -0.554. The molecule has 0 spiro atoms. The largest absolute Gasteiger partial charge is 0.491 e. The Kier molecular flexibility index (Phi) is 5.58. The number of hydrogen-bond acceptors (Lipinski definition) is 4. The Morgan fingerprint density at radius 2 is 2.22 bits per heavy atom. The summed E-state index contributed by atoms with van der Waals surface area (Å²) in [7, 11) is 1.32. The van der Waals surface area contributed by atoms with E-state index in [4.69, 9.17) is 10.5 Å². The van der Waals surface area contributed by atoms with E-state index in [1.54, 1.807) is 19.1 Å². The summed E-state index contributed by atoms with van der Waals surface area (Å²) in [6.45, 7) is 2.19. The number of ether oxygens (including phenoxy) is 2. The van der Waals surface area contributed by atoms with Crippen molar-refractivity contribution >= 4 is 5.97 Å². The molecule has 0 heterocycles. The lowest BCUT2D eigenvalue weighted by atomic mass is 10.0. The molecule has 0 aliphatic rings. The molecule has 2 N–H and O–H groups in total. The first-order valence-electron chi connectivity index (χ1n) is 5.83. The molecular weight excluding hydrogens is 237 g/mol. The van der Waals surface area contributed by atoms with Crippen LogP contribution in [0.25, 0.3) is 0 Å². The van der Waals surface area contributed by atoms with E-state index in [9.17, 15) is 9.18 Å². The fraction of sp³-hybridized carbons (Fsp3) is 0.462. The highest BCUT2D eigenvalue weighted by atomic mass is 19.1. The molecule has 5 heteroatoms. The zero-order valence-electron chi connectivity index (χ0n) is 10.6. The minimum atomic E-state index is -0.442. The Bertz CT molecular complexity index is 409. The van der Waals surface area contributed by atoms with E-state index in [0.29, 0.717) is 18.6 Å². The quantitative estimate of drug-likeness (QED) is 0.791. The summed E-state index contributed by atoms with van der Waals surface area (Å²) in [5.41, 5.74) is 6.51. The van der Waals surface area contributed by atoms with Gasteiger partial charge in [0.25, 0.3) is 0 Å². The molecule has 0 aliphatic heterocycles. The maximum absolute atomic E-state index is 13.6. The van der Waals surface area contributed by atoms with Crippen LogP contribution in [0, 0.1) is 5.82 Å². The van der Waals surface area contributed by atoms with Crippen molar-refractivity contribution in [1.29, 1.82) is 0 Å². The van der Waals surface area contributed by atoms with Gasteiger partial charge in [0.15, 0.2) is 11.6 Å². The lowest BCUT2D eigenvalue weighted by Crippen LogP contribution is -2.13. The Morgan fingerprint density at radius 1 is 1.50 bits per heavy atom. The maximum Gasteiger partial charge on any atom is 0.305 e. The molecule has 0 bridgehead atoms. The zero-order chi connectivity index (χ0) is 13.5. The second kappa shape index (κ2) is 6.96. The van der Waals surface area contributed by atoms with Crippen molar-refractivity contribution in [1.82, 2.24) is 0 Å². The molecule has 0 saturated heterocycles. The number of benzene rings is 1. The molecule has 18 heavy (non-hydrogen) atoms. The Labute approximate surface area is 106 Å². The van der Waals surface area contributed by atoms with E-state index in [0.717, 1.165) is 0 Å². The first kappa shape index (κ1) is 14.4. The Morgan fingerprint density at radius 3 is 2.78 bits per heavy atom. The zero-order valence-corrected chi connectivity index (χ0v) is 10.6. The van der Waals surface area contributed by atoms with Gasteiger partial charge in [-0.1, -0.05) is 6.07 Å². The van der Waals surface area contributed by atoms with Crippen LogP contribution in [0.15, 0.2) is 18.2 Å². The maximum atomic E-state index is 13.6. The molecule has 4 nitrogen and oxygen atoms in total. The van der Waals surface area contributed by atoms with Crippen molar-refractivity contribution in [2.24, 2.45) is 5.73 Å². The van der Waals surface area contributed by atoms with Gasteiger partial charge >= 0.3 is 5.97 Å². The molecule has 0 radical (unpaired) electrons. The summed E-state index contributed by atoms with van der Waals surface area (Å²) in [6, 6.07) is 4.20. The minimum absolute atomic E-state index is 0.210. The van der Waals surface area contributed by atoms with Gasteiger partial charge in [-0.3, -0.25) is 4.79 Å². The molecule has 1 aromatic carbocycles. The predicted octanol–water partition coefficient (Wildman–Crippen LogP) is 2.18. The number of carbonyl (C=O) groups excluding carboxylic acids is 1. The van der Waals surface area contributed by atoms with E-state index in [-0.39, 0.29) is 18.1 Å². The molecule has 0 aromatic heterocycles. The van der Waals surface area contributed by atoms with Crippen molar-refractivity contribution in [3.05, 3.63) is 29.6 Å². The van der Waals surface area contributed by atoms with Crippen molar-refractivity contribution in [3.63, 3.8) is 0 Å². The summed E-state index contributed by atoms with van der Waals surface area (Å²) in [5, 5.41) is 0. The summed E-state index contributed by atoms with van der Waals surface area (Å²) >= 11 is 0. The first-order chi connectivity index (χ1) is 8.58. The first-order valence-corrected chi connectivity index (χ1v) is 5.83. The van der Waals surface area contributed by atoms with E-state index < -0.39 is 11.9 Å². The topological polar surface area (TPSA) is 61.5 Å². The van der Waals surface area contributed by atoms with Crippen LogP contribution >= 0.6 is 0 Å². The van der Waals surface area contributed by atoms with Gasteiger partial charge in [-0.2, -0.15) is 0 Å². The second-order valence-corrected chi connectivity index (χ2v) is 3.84. The third kappa shape index (κ3) is 4.00. The highest BCUT2D eigenvalue weighted by Gasteiger charge is 2.12. The summed E-state index contributed by atoms with van der Waals surface area (Å²) < 4.78 is 23.2. The van der Waals surface area contributed by atoms with Gasteiger partial charge in [0.05, 0.1) is 13.7 Å². The van der Waals surface area contributed by atoms with E-state index in [2.05, 4.69) is 4.74 Å². The van der Waals surface area contributed by atoms with Crippen molar-refractivity contribution in [2.75, 3.05) is 13.7 Å². The van der Waals surface area contributed by atoms with Crippen LogP contribution in [0.3, 0.4) is 0 Å². The molecule has 0 amide bonds. The summed E-state index contributed by atoms with van der Waals surface area (Å²) in [4.78, 5) is 11.0. The number of hydrogen-bond donors (Lipinski definition) is 1. The molecule has 0 aliphatic carbocycles. The standard InChI is InChI=1S/C13H18FNO3/c1-3-18-12-6-4-9(8-10(12)14)11(15)5-7-13(16)17-2/h4,6,8,11H,3,5,7,15H2,1-2H3. The summed E-state index contributed by atoms with van der Waals surface area (Å²) in [6.07, 6.45) is 0.632. The average Bonchev–Trinajstić information content (AvgIpc) is 2.38. The second-order valence-electron chi connectivity index (χ2n) is 3.84. The number of methoxy groups -OCH3 is 1. The monoisotopic (exact) mass is 255 g/mol. The number of carbonyl (C=O) groups is 1. The number of rotatable bonds is 6. The van der Waals surface area contributed by atoms with Crippen LogP contribution in [0.2, 0.25) is 0 Å². The molecule has 1 unspecified atom stereocenters. The smallest absolute Gasteiger partial charge is 0.305 e.